The first-order chi connectivity index (χ1) is 14.5. The van der Waals surface area contributed by atoms with Crippen molar-refractivity contribution in [1.82, 2.24) is 19.7 Å². The van der Waals surface area contributed by atoms with E-state index in [1.807, 2.05) is 41.9 Å². The van der Waals surface area contributed by atoms with Gasteiger partial charge in [0.2, 0.25) is 0 Å². The number of hydrogen-bond acceptors (Lipinski definition) is 4. The minimum Gasteiger partial charge on any atom is -0.321 e. The number of imidazole rings is 1. The third kappa shape index (κ3) is 3.30. The van der Waals surface area contributed by atoms with Gasteiger partial charge in [0.05, 0.1) is 28.1 Å². The van der Waals surface area contributed by atoms with Gasteiger partial charge in [0.1, 0.15) is 4.83 Å². The first-order valence-corrected chi connectivity index (χ1v) is 10.4. The second-order valence-corrected chi connectivity index (χ2v) is 8.40. The van der Waals surface area contributed by atoms with Crippen molar-refractivity contribution < 1.29 is 4.79 Å². The summed E-state index contributed by atoms with van der Waals surface area (Å²) in [5.74, 6) is -0.211. The van der Waals surface area contributed by atoms with Gasteiger partial charge in [-0.15, -0.1) is 11.3 Å². The molecule has 1 amide bonds. The Balaban J connectivity index is 1.44. The van der Waals surface area contributed by atoms with Gasteiger partial charge in [0.25, 0.3) is 5.91 Å². The Hall–Kier alpha value is -3.36. The fourth-order valence-electron chi connectivity index (χ4n) is 3.42. The number of aromatic amines is 2. The van der Waals surface area contributed by atoms with Gasteiger partial charge in [-0.1, -0.05) is 29.8 Å². The van der Waals surface area contributed by atoms with Gasteiger partial charge < -0.3 is 15.3 Å². The van der Waals surface area contributed by atoms with E-state index >= 15 is 0 Å². The lowest BCUT2D eigenvalue weighted by Crippen LogP contribution is -2.10. The Bertz CT molecular complexity index is 1480. The first-order valence-electron chi connectivity index (χ1n) is 9.22. The second-order valence-electron chi connectivity index (χ2n) is 6.96. The predicted octanol–water partition coefficient (Wildman–Crippen LogP) is 4.53. The summed E-state index contributed by atoms with van der Waals surface area (Å²) in [5, 5.41) is 9.13. The fraction of sp³-hybridized carbons (Fsp3) is 0.0952. The van der Waals surface area contributed by atoms with Crippen molar-refractivity contribution >= 4 is 55.8 Å². The van der Waals surface area contributed by atoms with Crippen LogP contribution in [0.15, 0.2) is 53.3 Å². The Morgan fingerprint density at radius 2 is 1.97 bits per heavy atom. The number of carbonyl (C=O) groups excluding carboxylic acids is 1. The molecule has 0 atom stereocenters. The maximum Gasteiger partial charge on any atom is 0.323 e. The average molecular weight is 438 g/mol. The van der Waals surface area contributed by atoms with Crippen molar-refractivity contribution in [2.75, 3.05) is 5.32 Å². The van der Waals surface area contributed by atoms with Gasteiger partial charge in [-0.25, -0.2) is 4.79 Å². The van der Waals surface area contributed by atoms with Crippen molar-refractivity contribution in [2.45, 2.75) is 13.5 Å². The van der Waals surface area contributed by atoms with E-state index in [4.69, 9.17) is 11.6 Å². The number of rotatable bonds is 4. The van der Waals surface area contributed by atoms with Crippen LogP contribution in [-0.4, -0.2) is 25.7 Å². The molecule has 0 aliphatic rings. The summed E-state index contributed by atoms with van der Waals surface area (Å²) in [6, 6.07) is 14.7. The predicted molar refractivity (Wildman–Crippen MR) is 120 cm³/mol. The molecule has 3 heterocycles. The molecule has 0 fully saturated rings. The van der Waals surface area contributed by atoms with Gasteiger partial charge in [0, 0.05) is 16.1 Å². The molecule has 0 aliphatic heterocycles. The summed E-state index contributed by atoms with van der Waals surface area (Å²) in [6.07, 6.45) is 0. The third-order valence-electron chi connectivity index (χ3n) is 4.88. The molecule has 3 N–H and O–H groups in total. The van der Waals surface area contributed by atoms with Crippen LogP contribution in [0.25, 0.3) is 21.3 Å². The maximum atomic E-state index is 12.8. The highest BCUT2D eigenvalue weighted by atomic mass is 35.5. The highest BCUT2D eigenvalue weighted by Gasteiger charge is 2.17. The Morgan fingerprint density at radius 1 is 1.17 bits per heavy atom. The quantitative estimate of drug-likeness (QED) is 0.385. The van der Waals surface area contributed by atoms with Crippen molar-refractivity contribution in [3.63, 3.8) is 0 Å². The number of fused-ring (bicyclic) bond motifs is 2. The lowest BCUT2D eigenvalue weighted by Gasteiger charge is -2.05. The molecule has 0 saturated carbocycles. The molecule has 0 radical (unpaired) electrons. The first kappa shape index (κ1) is 18.7. The lowest BCUT2D eigenvalue weighted by atomic mass is 10.2. The number of halogens is 1. The minimum absolute atomic E-state index is 0.211. The molecule has 7 nitrogen and oxygen atoms in total. The van der Waals surface area contributed by atoms with Crippen molar-refractivity contribution in [1.29, 1.82) is 0 Å². The normalized spacial score (nSPS) is 11.4. The van der Waals surface area contributed by atoms with Crippen molar-refractivity contribution in [2.24, 2.45) is 0 Å². The van der Waals surface area contributed by atoms with Crippen LogP contribution >= 0.6 is 22.9 Å². The molecule has 2 aromatic carbocycles. The van der Waals surface area contributed by atoms with Crippen molar-refractivity contribution in [3.05, 3.63) is 80.2 Å². The highest BCUT2D eigenvalue weighted by Crippen LogP contribution is 2.30. The summed E-state index contributed by atoms with van der Waals surface area (Å²) in [4.78, 5) is 31.1. The average Bonchev–Trinajstić information content (AvgIpc) is 3.38. The number of nitrogens with zero attached hydrogens (tertiary/aromatic N) is 2. The van der Waals surface area contributed by atoms with E-state index in [1.165, 1.54) is 11.3 Å². The molecule has 0 bridgehead atoms. The number of aryl methyl sites for hydroxylation is 1. The Kier molecular flexibility index (Phi) is 4.45. The molecule has 30 heavy (non-hydrogen) atoms. The molecule has 0 aliphatic carbocycles. The minimum atomic E-state index is -0.281. The number of amides is 1. The number of aromatic nitrogens is 4. The van der Waals surface area contributed by atoms with E-state index in [0.717, 1.165) is 21.5 Å². The zero-order chi connectivity index (χ0) is 20.8. The number of nitrogens with one attached hydrogen (secondary N) is 3. The van der Waals surface area contributed by atoms with E-state index in [1.54, 1.807) is 18.2 Å². The molecule has 0 spiro atoms. The summed E-state index contributed by atoms with van der Waals surface area (Å²) in [7, 11) is 0. The van der Waals surface area contributed by atoms with Gasteiger partial charge in [0.15, 0.2) is 0 Å². The topological polar surface area (TPSA) is 95.6 Å². The smallest absolute Gasteiger partial charge is 0.321 e. The second kappa shape index (κ2) is 7.16. The maximum absolute atomic E-state index is 12.8. The molecule has 5 rings (SSSR count). The van der Waals surface area contributed by atoms with Crippen LogP contribution < -0.4 is 11.0 Å². The van der Waals surface area contributed by atoms with Crippen LogP contribution in [0.5, 0.6) is 0 Å². The molecule has 3 aromatic heterocycles. The van der Waals surface area contributed by atoms with E-state index < -0.39 is 0 Å². The van der Waals surface area contributed by atoms with E-state index in [-0.39, 0.29) is 11.6 Å². The molecule has 150 valence electrons. The monoisotopic (exact) mass is 437 g/mol. The van der Waals surface area contributed by atoms with Gasteiger partial charge in [-0.2, -0.15) is 5.10 Å². The number of carbonyl (C=O) groups is 1. The Labute approximate surface area is 179 Å². The van der Waals surface area contributed by atoms with Crippen LogP contribution in [0, 0.1) is 6.92 Å². The van der Waals surface area contributed by atoms with Crippen LogP contribution in [0.3, 0.4) is 0 Å². The van der Waals surface area contributed by atoms with Crippen molar-refractivity contribution in [3.8, 4) is 0 Å². The van der Waals surface area contributed by atoms with Gasteiger partial charge in [-0.05, 0) is 42.8 Å². The summed E-state index contributed by atoms with van der Waals surface area (Å²) < 4.78 is 1.88. The highest BCUT2D eigenvalue weighted by molar-refractivity contribution is 7.20. The van der Waals surface area contributed by atoms with Crippen LogP contribution in [0.2, 0.25) is 5.02 Å². The molecule has 0 unspecified atom stereocenters. The number of H-pyrrole nitrogens is 2. The molecular weight excluding hydrogens is 422 g/mol. The largest absolute Gasteiger partial charge is 0.323 e. The summed E-state index contributed by atoms with van der Waals surface area (Å²) >= 11 is 7.68. The van der Waals surface area contributed by atoms with E-state index in [0.29, 0.717) is 33.2 Å². The summed E-state index contributed by atoms with van der Waals surface area (Å²) in [5.41, 5.74) is 3.48. The fourth-order valence-corrected chi connectivity index (χ4v) is 4.67. The zero-order valence-corrected chi connectivity index (χ0v) is 17.4. The number of hydrogen-bond donors (Lipinski definition) is 3. The Morgan fingerprint density at radius 3 is 2.80 bits per heavy atom. The molecule has 9 heteroatoms. The van der Waals surface area contributed by atoms with E-state index in [9.17, 15) is 9.59 Å². The van der Waals surface area contributed by atoms with E-state index in [2.05, 4.69) is 20.4 Å². The standard InChI is InChI=1S/C21H16ClN5O2S/c1-11-14-9-18(19(28)23-13-6-7-16-17(8-13)25-21(29)24-16)30-20(14)27(26-11)10-12-4-2-3-5-15(12)22/h2-9H,10H2,1H3,(H,23,28)(H2,24,25,29). The number of benzene rings is 2. The molecular formula is C21H16ClN5O2S. The lowest BCUT2D eigenvalue weighted by molar-refractivity contribution is 0.103. The van der Waals surface area contributed by atoms with Gasteiger partial charge in [-0.3, -0.25) is 9.48 Å². The number of thiophene rings is 1. The van der Waals surface area contributed by atoms with Crippen LogP contribution in [-0.2, 0) is 6.54 Å². The molecule has 5 aromatic rings. The molecule has 0 saturated heterocycles. The SMILES string of the molecule is Cc1nn(Cc2ccccc2Cl)c2sc(C(=O)Nc3ccc4[nH]c(=O)[nH]c4c3)cc12. The number of anilines is 1. The van der Waals surface area contributed by atoms with Gasteiger partial charge >= 0.3 is 5.69 Å². The van der Waals surface area contributed by atoms with Crippen LogP contribution in [0.1, 0.15) is 20.9 Å². The zero-order valence-electron chi connectivity index (χ0n) is 15.8. The summed E-state index contributed by atoms with van der Waals surface area (Å²) in [6.45, 7) is 2.46. The van der Waals surface area contributed by atoms with Crippen LogP contribution in [0.4, 0.5) is 5.69 Å². The third-order valence-corrected chi connectivity index (χ3v) is 6.40.